The Morgan fingerprint density at radius 3 is 2.47 bits per heavy atom. The van der Waals surface area contributed by atoms with Gasteiger partial charge < -0.3 is 4.74 Å². The zero-order chi connectivity index (χ0) is 22.7. The van der Waals surface area contributed by atoms with Crippen molar-refractivity contribution in [3.05, 3.63) is 105 Å². The van der Waals surface area contributed by atoms with E-state index >= 15 is 0 Å². The number of carbonyl (C=O) groups is 1. The van der Waals surface area contributed by atoms with Crippen molar-refractivity contribution in [1.29, 1.82) is 0 Å². The smallest absolute Gasteiger partial charge is 0.280 e. The quantitative estimate of drug-likeness (QED) is 0.278. The molecule has 1 aliphatic rings. The fourth-order valence-electron chi connectivity index (χ4n) is 3.19. The van der Waals surface area contributed by atoms with E-state index < -0.39 is 4.92 Å². The Labute approximate surface area is 189 Å². The number of nitro benzene ring substituents is 1. The number of benzene rings is 3. The van der Waals surface area contributed by atoms with Gasteiger partial charge in [0, 0.05) is 12.1 Å². The number of halogens is 1. The third kappa shape index (κ3) is 4.53. The summed E-state index contributed by atoms with van der Waals surface area (Å²) in [4.78, 5) is 23.1. The lowest BCUT2D eigenvalue weighted by Crippen LogP contribution is -2.21. The number of ether oxygens (including phenoxy) is 1. The van der Waals surface area contributed by atoms with Crippen molar-refractivity contribution in [2.24, 2.45) is 5.10 Å². The van der Waals surface area contributed by atoms with Crippen LogP contribution in [0.2, 0.25) is 5.02 Å². The zero-order valence-corrected chi connectivity index (χ0v) is 17.8. The molecule has 8 heteroatoms. The molecule has 0 bridgehead atoms. The summed E-state index contributed by atoms with van der Waals surface area (Å²) in [7, 11) is 0. The molecule has 1 heterocycles. The van der Waals surface area contributed by atoms with Crippen molar-refractivity contribution >= 4 is 40.7 Å². The van der Waals surface area contributed by atoms with E-state index in [0.717, 1.165) is 11.1 Å². The summed E-state index contributed by atoms with van der Waals surface area (Å²) >= 11 is 6.38. The highest BCUT2D eigenvalue weighted by Gasteiger charge is 2.28. The highest BCUT2D eigenvalue weighted by molar-refractivity contribution is 6.33. The van der Waals surface area contributed by atoms with Gasteiger partial charge in [-0.15, -0.1) is 0 Å². The van der Waals surface area contributed by atoms with Gasteiger partial charge in [0.25, 0.3) is 11.6 Å². The molecule has 0 aliphatic carbocycles. The molecule has 0 aromatic heterocycles. The molecule has 7 nitrogen and oxygen atoms in total. The van der Waals surface area contributed by atoms with Gasteiger partial charge in [-0.2, -0.15) is 10.1 Å². The first-order valence-electron chi connectivity index (χ1n) is 9.75. The molecule has 3 aromatic rings. The molecule has 160 valence electrons. The van der Waals surface area contributed by atoms with Crippen molar-refractivity contribution in [3.8, 4) is 5.75 Å². The Morgan fingerprint density at radius 2 is 1.81 bits per heavy atom. The zero-order valence-electron chi connectivity index (χ0n) is 17.1. The molecule has 0 atom stereocenters. The second-order valence-electron chi connectivity index (χ2n) is 7.10. The van der Waals surface area contributed by atoms with Crippen molar-refractivity contribution in [2.45, 2.75) is 13.5 Å². The number of carbonyl (C=O) groups excluding carboxylic acids is 1. The summed E-state index contributed by atoms with van der Waals surface area (Å²) in [5.74, 6) is 0.268. The summed E-state index contributed by atoms with van der Waals surface area (Å²) in [6.07, 6.45) is 1.75. The number of non-ortho nitro benzene ring substituents is 1. The van der Waals surface area contributed by atoms with E-state index in [9.17, 15) is 14.9 Å². The Morgan fingerprint density at radius 1 is 1.09 bits per heavy atom. The van der Waals surface area contributed by atoms with Crippen molar-refractivity contribution < 1.29 is 14.5 Å². The van der Waals surface area contributed by atoms with Gasteiger partial charge in [-0.05, 0) is 60.5 Å². The predicted octanol–water partition coefficient (Wildman–Crippen LogP) is 5.63. The number of hydrogen-bond donors (Lipinski definition) is 0. The molecule has 0 unspecified atom stereocenters. The Hall–Kier alpha value is -3.97. The van der Waals surface area contributed by atoms with Crippen LogP contribution in [0.5, 0.6) is 5.75 Å². The second-order valence-corrected chi connectivity index (χ2v) is 7.51. The molecule has 1 aliphatic heterocycles. The molecule has 3 aromatic carbocycles. The van der Waals surface area contributed by atoms with Gasteiger partial charge in [-0.25, -0.2) is 0 Å². The monoisotopic (exact) mass is 447 g/mol. The topological polar surface area (TPSA) is 85.0 Å². The lowest BCUT2D eigenvalue weighted by atomic mass is 10.1. The first kappa shape index (κ1) is 21.3. The predicted molar refractivity (Wildman–Crippen MR) is 124 cm³/mol. The maximum absolute atomic E-state index is 12.8. The fourth-order valence-corrected chi connectivity index (χ4v) is 3.44. The lowest BCUT2D eigenvalue weighted by Gasteiger charge is -2.11. The number of rotatable bonds is 6. The highest BCUT2D eigenvalue weighted by Crippen LogP contribution is 2.29. The third-order valence-corrected chi connectivity index (χ3v) is 5.17. The van der Waals surface area contributed by atoms with Gasteiger partial charge in [0.1, 0.15) is 12.4 Å². The first-order chi connectivity index (χ1) is 15.4. The number of hydrogen-bond acceptors (Lipinski definition) is 5. The number of nitro groups is 1. The van der Waals surface area contributed by atoms with Crippen LogP contribution in [0.1, 0.15) is 18.1 Å². The van der Waals surface area contributed by atoms with Crippen LogP contribution in [0.4, 0.5) is 11.4 Å². The molecular weight excluding hydrogens is 430 g/mol. The van der Waals surface area contributed by atoms with Crippen LogP contribution in [-0.4, -0.2) is 16.5 Å². The number of amides is 1. The van der Waals surface area contributed by atoms with Crippen molar-refractivity contribution in [3.63, 3.8) is 0 Å². The van der Waals surface area contributed by atoms with Crippen molar-refractivity contribution in [2.75, 3.05) is 5.01 Å². The minimum atomic E-state index is -0.449. The lowest BCUT2D eigenvalue weighted by molar-refractivity contribution is -0.384. The van der Waals surface area contributed by atoms with Crippen LogP contribution in [0.15, 0.2) is 83.5 Å². The SMILES string of the molecule is CC1=NN(c2ccccc2)C(=O)/C1=C\c1ccc(OCc2ccc([N+](=O)[O-])cc2)c(Cl)c1. The summed E-state index contributed by atoms with van der Waals surface area (Å²) < 4.78 is 5.74. The average molecular weight is 448 g/mol. The number of para-hydroxylation sites is 1. The molecule has 1 amide bonds. The molecule has 0 spiro atoms. The summed E-state index contributed by atoms with van der Waals surface area (Å²) in [6.45, 7) is 2.00. The summed E-state index contributed by atoms with van der Waals surface area (Å²) in [6, 6.07) is 20.6. The van der Waals surface area contributed by atoms with E-state index in [1.54, 1.807) is 43.3 Å². The number of hydrazone groups is 1. The van der Waals surface area contributed by atoms with Gasteiger partial charge in [0.05, 0.1) is 26.9 Å². The maximum Gasteiger partial charge on any atom is 0.280 e. The fraction of sp³-hybridized carbons (Fsp3) is 0.0833. The Kier molecular flexibility index (Phi) is 6.00. The van der Waals surface area contributed by atoms with Gasteiger partial charge in [-0.3, -0.25) is 14.9 Å². The van der Waals surface area contributed by atoms with E-state index in [1.165, 1.54) is 17.1 Å². The normalized spacial score (nSPS) is 14.6. The van der Waals surface area contributed by atoms with E-state index in [-0.39, 0.29) is 18.2 Å². The van der Waals surface area contributed by atoms with Crippen molar-refractivity contribution in [1.82, 2.24) is 0 Å². The van der Waals surface area contributed by atoms with Gasteiger partial charge in [-0.1, -0.05) is 35.9 Å². The number of anilines is 1. The minimum absolute atomic E-state index is 0.0234. The minimum Gasteiger partial charge on any atom is -0.487 e. The van der Waals surface area contributed by atoms with Crippen LogP contribution >= 0.6 is 11.6 Å². The Bertz CT molecular complexity index is 1240. The van der Waals surface area contributed by atoms with Crippen LogP contribution < -0.4 is 9.75 Å². The van der Waals surface area contributed by atoms with Gasteiger partial charge in [0.2, 0.25) is 0 Å². The molecule has 0 fully saturated rings. The second kappa shape index (κ2) is 9.03. The van der Waals surface area contributed by atoms with Gasteiger partial charge in [0.15, 0.2) is 0 Å². The largest absolute Gasteiger partial charge is 0.487 e. The van der Waals surface area contributed by atoms with E-state index in [0.29, 0.717) is 27.7 Å². The maximum atomic E-state index is 12.8. The molecule has 0 N–H and O–H groups in total. The highest BCUT2D eigenvalue weighted by atomic mass is 35.5. The molecule has 32 heavy (non-hydrogen) atoms. The molecule has 0 saturated carbocycles. The Balaban J connectivity index is 1.47. The molecule has 0 saturated heterocycles. The first-order valence-corrected chi connectivity index (χ1v) is 10.1. The van der Waals surface area contributed by atoms with E-state index in [4.69, 9.17) is 16.3 Å². The van der Waals surface area contributed by atoms with E-state index in [1.807, 2.05) is 30.3 Å². The number of nitrogens with zero attached hydrogens (tertiary/aromatic N) is 3. The summed E-state index contributed by atoms with van der Waals surface area (Å²) in [5.41, 5.74) is 3.36. The molecule has 0 radical (unpaired) electrons. The van der Waals surface area contributed by atoms with E-state index in [2.05, 4.69) is 5.10 Å². The van der Waals surface area contributed by atoms with Crippen LogP contribution in [0.25, 0.3) is 6.08 Å². The van der Waals surface area contributed by atoms with Gasteiger partial charge >= 0.3 is 0 Å². The third-order valence-electron chi connectivity index (χ3n) is 4.87. The standard InChI is InChI=1S/C24H18ClN3O4/c1-16-21(24(29)27(26-16)19-5-3-2-4-6-19)13-18-9-12-23(22(25)14-18)32-15-17-7-10-20(11-8-17)28(30)31/h2-14H,15H2,1H3/b21-13-. The van der Waals surface area contributed by atoms with Crippen LogP contribution in [-0.2, 0) is 11.4 Å². The molecular formula is C24H18ClN3O4. The van der Waals surface area contributed by atoms with Crippen LogP contribution in [0, 0.1) is 10.1 Å². The van der Waals surface area contributed by atoms with Crippen LogP contribution in [0.3, 0.4) is 0 Å². The average Bonchev–Trinajstić information content (AvgIpc) is 3.07. The summed E-state index contributed by atoms with van der Waals surface area (Å²) in [5, 5.41) is 16.9. The molecule has 4 rings (SSSR count).